The molecule has 0 unspecified atom stereocenters. The van der Waals surface area contributed by atoms with Crippen molar-refractivity contribution in [2.24, 2.45) is 0 Å². The first-order valence-corrected chi connectivity index (χ1v) is 7.14. The van der Waals surface area contributed by atoms with Crippen LogP contribution >= 0.6 is 23.2 Å². The van der Waals surface area contributed by atoms with Gasteiger partial charge in [0.1, 0.15) is 0 Å². The Morgan fingerprint density at radius 3 is 2.55 bits per heavy atom. The van der Waals surface area contributed by atoms with E-state index in [1.54, 1.807) is 0 Å². The molecule has 3 rings (SSSR count). The van der Waals surface area contributed by atoms with Gasteiger partial charge in [0.05, 0.1) is 11.9 Å². The van der Waals surface area contributed by atoms with Crippen molar-refractivity contribution in [2.45, 2.75) is 5.88 Å². The van der Waals surface area contributed by atoms with Gasteiger partial charge in [-0.05, 0) is 29.3 Å². The summed E-state index contributed by atoms with van der Waals surface area (Å²) in [7, 11) is 0. The van der Waals surface area contributed by atoms with Crippen molar-refractivity contribution in [1.29, 1.82) is 0 Å². The van der Waals surface area contributed by atoms with E-state index in [0.717, 1.165) is 22.4 Å². The highest BCUT2D eigenvalue weighted by Gasteiger charge is 2.07. The van der Waals surface area contributed by atoms with Crippen molar-refractivity contribution < 1.29 is 0 Å². The monoisotopic (exact) mass is 302 g/mol. The molecule has 1 heterocycles. The minimum Gasteiger partial charge on any atom is -0.240 e. The molecule has 0 saturated carbocycles. The van der Waals surface area contributed by atoms with Gasteiger partial charge in [0, 0.05) is 22.7 Å². The molecule has 0 N–H and O–H groups in total. The highest BCUT2D eigenvalue weighted by Crippen LogP contribution is 2.24. The van der Waals surface area contributed by atoms with Gasteiger partial charge in [0.2, 0.25) is 0 Å². The topological polar surface area (TPSA) is 17.8 Å². The lowest BCUT2D eigenvalue weighted by atomic mass is 10.1. The van der Waals surface area contributed by atoms with Gasteiger partial charge < -0.3 is 0 Å². The van der Waals surface area contributed by atoms with Crippen LogP contribution < -0.4 is 0 Å². The number of halogens is 2. The predicted molar refractivity (Wildman–Crippen MR) is 83.6 cm³/mol. The molecule has 3 aromatic rings. The molecule has 20 heavy (non-hydrogen) atoms. The van der Waals surface area contributed by atoms with E-state index >= 15 is 0 Å². The molecule has 1 aromatic heterocycles. The molecule has 2 aromatic carbocycles. The number of aromatic nitrogens is 2. The third-order valence-electron chi connectivity index (χ3n) is 3.12. The molecule has 0 radical (unpaired) electrons. The molecule has 0 atom stereocenters. The van der Waals surface area contributed by atoms with E-state index in [1.807, 2.05) is 53.5 Å². The zero-order valence-electron chi connectivity index (χ0n) is 10.6. The predicted octanol–water partition coefficient (Wildman–Crippen LogP) is 4.93. The van der Waals surface area contributed by atoms with Gasteiger partial charge in [-0.3, -0.25) is 0 Å². The zero-order chi connectivity index (χ0) is 13.9. The van der Waals surface area contributed by atoms with E-state index in [0.29, 0.717) is 10.9 Å². The fraction of sp³-hybridized carbons (Fsp3) is 0.0625. The Kier molecular flexibility index (Phi) is 3.77. The highest BCUT2D eigenvalue weighted by atomic mass is 35.5. The molecule has 0 saturated heterocycles. The molecule has 0 aliphatic heterocycles. The Bertz CT molecular complexity index is 720. The quantitative estimate of drug-likeness (QED) is 0.627. The lowest BCUT2D eigenvalue weighted by Crippen LogP contribution is -1.98. The van der Waals surface area contributed by atoms with Gasteiger partial charge >= 0.3 is 0 Å². The molecule has 0 aliphatic rings. The van der Waals surface area contributed by atoms with E-state index in [4.69, 9.17) is 23.2 Å². The Morgan fingerprint density at radius 2 is 1.80 bits per heavy atom. The van der Waals surface area contributed by atoms with Crippen LogP contribution in [0.5, 0.6) is 0 Å². The normalized spacial score (nSPS) is 10.7. The van der Waals surface area contributed by atoms with Crippen molar-refractivity contribution in [2.75, 3.05) is 0 Å². The van der Waals surface area contributed by atoms with E-state index in [1.165, 1.54) is 0 Å². The van der Waals surface area contributed by atoms with Gasteiger partial charge in [-0.1, -0.05) is 41.9 Å². The average Bonchev–Trinajstić information content (AvgIpc) is 2.97. The first-order chi connectivity index (χ1) is 9.78. The maximum absolute atomic E-state index is 6.00. The van der Waals surface area contributed by atoms with Gasteiger partial charge in [0.25, 0.3) is 0 Å². The van der Waals surface area contributed by atoms with E-state index in [9.17, 15) is 0 Å². The van der Waals surface area contributed by atoms with E-state index < -0.39 is 0 Å². The minimum absolute atomic E-state index is 0.399. The first-order valence-electron chi connectivity index (χ1n) is 6.23. The van der Waals surface area contributed by atoms with Gasteiger partial charge in [0.15, 0.2) is 0 Å². The summed E-state index contributed by atoms with van der Waals surface area (Å²) in [6.45, 7) is 0. The number of rotatable bonds is 3. The summed E-state index contributed by atoms with van der Waals surface area (Å²) in [5, 5.41) is 5.10. The van der Waals surface area contributed by atoms with Crippen LogP contribution in [0.15, 0.2) is 60.9 Å². The molecule has 4 heteroatoms. The van der Waals surface area contributed by atoms with Crippen LogP contribution in [-0.4, -0.2) is 9.78 Å². The minimum atomic E-state index is 0.399. The summed E-state index contributed by atoms with van der Waals surface area (Å²) in [5.74, 6) is 0.399. The maximum Gasteiger partial charge on any atom is 0.0690 e. The van der Waals surface area contributed by atoms with Crippen LogP contribution in [-0.2, 0) is 5.88 Å². The molecular formula is C16H12Cl2N2. The Hall–Kier alpha value is -1.77. The van der Waals surface area contributed by atoms with Crippen molar-refractivity contribution >= 4 is 23.2 Å². The Morgan fingerprint density at radius 1 is 1.00 bits per heavy atom. The van der Waals surface area contributed by atoms with Crippen molar-refractivity contribution in [3.05, 3.63) is 71.5 Å². The standard InChI is InChI=1S/C16H12Cl2N2/c17-9-13-8-15(18)6-7-16(13)20-11-14(10-19-20)12-4-2-1-3-5-12/h1-8,10-11H,9H2. The number of hydrogen-bond acceptors (Lipinski definition) is 1. The van der Waals surface area contributed by atoms with Crippen LogP contribution in [0.2, 0.25) is 5.02 Å². The summed E-state index contributed by atoms with van der Waals surface area (Å²) in [6, 6.07) is 15.8. The second-order valence-electron chi connectivity index (χ2n) is 4.45. The number of hydrogen-bond donors (Lipinski definition) is 0. The third-order valence-corrected chi connectivity index (χ3v) is 3.65. The van der Waals surface area contributed by atoms with Crippen molar-refractivity contribution in [3.63, 3.8) is 0 Å². The fourth-order valence-electron chi connectivity index (χ4n) is 2.12. The molecule has 0 amide bonds. The highest BCUT2D eigenvalue weighted by molar-refractivity contribution is 6.30. The Balaban J connectivity index is 2.02. The molecule has 0 aliphatic carbocycles. The van der Waals surface area contributed by atoms with Gasteiger partial charge in [-0.2, -0.15) is 5.10 Å². The number of benzene rings is 2. The number of alkyl halides is 1. The first kappa shape index (κ1) is 13.2. The lowest BCUT2D eigenvalue weighted by Gasteiger charge is -2.07. The summed E-state index contributed by atoms with van der Waals surface area (Å²) in [4.78, 5) is 0. The summed E-state index contributed by atoms with van der Waals surface area (Å²) < 4.78 is 1.83. The largest absolute Gasteiger partial charge is 0.240 e. The van der Waals surface area contributed by atoms with Gasteiger partial charge in [-0.25, -0.2) is 4.68 Å². The molecular weight excluding hydrogens is 291 g/mol. The zero-order valence-corrected chi connectivity index (χ0v) is 12.1. The summed E-state index contributed by atoms with van der Waals surface area (Å²) >= 11 is 12.0. The van der Waals surface area contributed by atoms with Crippen LogP contribution in [0.1, 0.15) is 5.56 Å². The second-order valence-corrected chi connectivity index (χ2v) is 5.15. The fourth-order valence-corrected chi connectivity index (χ4v) is 2.53. The van der Waals surface area contributed by atoms with E-state index in [2.05, 4.69) is 17.2 Å². The summed E-state index contributed by atoms with van der Waals surface area (Å²) in [5.41, 5.74) is 4.12. The van der Waals surface area contributed by atoms with Crippen LogP contribution in [0.4, 0.5) is 0 Å². The molecule has 0 spiro atoms. The van der Waals surface area contributed by atoms with Crippen LogP contribution in [0.3, 0.4) is 0 Å². The second kappa shape index (κ2) is 5.70. The maximum atomic E-state index is 6.00. The summed E-state index contributed by atoms with van der Waals surface area (Å²) in [6.07, 6.45) is 3.84. The SMILES string of the molecule is ClCc1cc(Cl)ccc1-n1cc(-c2ccccc2)cn1. The Labute approximate surface area is 127 Å². The van der Waals surface area contributed by atoms with Crippen molar-refractivity contribution in [1.82, 2.24) is 9.78 Å². The number of nitrogens with zero attached hydrogens (tertiary/aromatic N) is 2. The average molecular weight is 303 g/mol. The van der Waals surface area contributed by atoms with Crippen molar-refractivity contribution in [3.8, 4) is 16.8 Å². The van der Waals surface area contributed by atoms with Crippen LogP contribution in [0.25, 0.3) is 16.8 Å². The van der Waals surface area contributed by atoms with Gasteiger partial charge in [-0.15, -0.1) is 11.6 Å². The smallest absolute Gasteiger partial charge is 0.0690 e. The third kappa shape index (κ3) is 2.58. The molecule has 100 valence electrons. The molecule has 0 bridgehead atoms. The van der Waals surface area contributed by atoms with Crippen LogP contribution in [0, 0.1) is 0 Å². The van der Waals surface area contributed by atoms with E-state index in [-0.39, 0.29) is 0 Å². The lowest BCUT2D eigenvalue weighted by molar-refractivity contribution is 0.871. The molecule has 0 fully saturated rings. The molecule has 2 nitrogen and oxygen atoms in total.